The molecule has 0 aromatic rings. The zero-order chi connectivity index (χ0) is 12.7. The van der Waals surface area contributed by atoms with E-state index in [1.165, 1.54) is 0 Å². The van der Waals surface area contributed by atoms with Gasteiger partial charge in [0.25, 0.3) is 0 Å². The van der Waals surface area contributed by atoms with Gasteiger partial charge in [0.1, 0.15) is 6.04 Å². The number of carbonyl (C=O) groups is 3. The molecule has 0 saturated carbocycles. The Bertz CT molecular complexity index is 279. The lowest BCUT2D eigenvalue weighted by Crippen LogP contribution is -2.42. The van der Waals surface area contributed by atoms with Crippen LogP contribution in [0.25, 0.3) is 0 Å². The van der Waals surface area contributed by atoms with Crippen LogP contribution in [0.1, 0.15) is 19.8 Å². The van der Waals surface area contributed by atoms with Crippen LogP contribution in [0.5, 0.6) is 0 Å². The zero-order valence-electron chi connectivity index (χ0n) is 8.97. The van der Waals surface area contributed by atoms with E-state index in [2.05, 4.69) is 5.32 Å². The second-order valence-corrected chi connectivity index (χ2v) is 3.60. The van der Waals surface area contributed by atoms with E-state index in [0.717, 1.165) is 0 Å². The summed E-state index contributed by atoms with van der Waals surface area (Å²) in [5.41, 5.74) is 5.30. The minimum absolute atomic E-state index is 0.0701. The number of aliphatic carboxylic acids is 2. The molecule has 92 valence electrons. The summed E-state index contributed by atoms with van der Waals surface area (Å²) in [6.45, 7) is 2.05. The summed E-state index contributed by atoms with van der Waals surface area (Å²) >= 11 is 0. The van der Waals surface area contributed by atoms with E-state index in [1.807, 2.05) is 0 Å². The van der Waals surface area contributed by atoms with Gasteiger partial charge in [-0.25, -0.2) is 4.79 Å². The van der Waals surface area contributed by atoms with Gasteiger partial charge in [0, 0.05) is 6.42 Å². The second-order valence-electron chi connectivity index (χ2n) is 3.60. The molecule has 0 heterocycles. The molecule has 2 unspecified atom stereocenters. The van der Waals surface area contributed by atoms with Crippen LogP contribution in [0.15, 0.2) is 0 Å². The van der Waals surface area contributed by atoms with Gasteiger partial charge in [-0.3, -0.25) is 9.59 Å². The Morgan fingerprint density at radius 3 is 2.19 bits per heavy atom. The van der Waals surface area contributed by atoms with Crippen LogP contribution < -0.4 is 11.1 Å². The third-order valence-electron chi connectivity index (χ3n) is 1.95. The molecule has 2 atom stereocenters. The minimum Gasteiger partial charge on any atom is -0.481 e. The van der Waals surface area contributed by atoms with E-state index >= 15 is 0 Å². The highest BCUT2D eigenvalue weighted by Gasteiger charge is 2.23. The van der Waals surface area contributed by atoms with Crippen molar-refractivity contribution in [2.24, 2.45) is 11.7 Å². The number of hydrogen-bond donors (Lipinski definition) is 4. The summed E-state index contributed by atoms with van der Waals surface area (Å²) in [7, 11) is 0. The van der Waals surface area contributed by atoms with E-state index in [1.54, 1.807) is 6.92 Å². The monoisotopic (exact) mass is 232 g/mol. The van der Waals surface area contributed by atoms with Crippen LogP contribution in [-0.4, -0.2) is 40.6 Å². The number of rotatable bonds is 7. The van der Waals surface area contributed by atoms with Crippen LogP contribution in [0.3, 0.4) is 0 Å². The molecule has 0 radical (unpaired) electrons. The molecule has 0 bridgehead atoms. The smallest absolute Gasteiger partial charge is 0.326 e. The number of carboxylic acids is 2. The van der Waals surface area contributed by atoms with Gasteiger partial charge in [-0.1, -0.05) is 6.92 Å². The summed E-state index contributed by atoms with van der Waals surface area (Å²) in [5, 5.41) is 19.2. The van der Waals surface area contributed by atoms with Crippen molar-refractivity contribution in [3.05, 3.63) is 0 Å². The Balaban J connectivity index is 4.24. The standard InChI is InChI=1S/C9H16N2O5/c1-5(4-10)2-7(12)11-6(9(15)16)3-8(13)14/h5-6H,2-4,10H2,1H3,(H,11,12)(H,13,14)(H,15,16). The SMILES string of the molecule is CC(CN)CC(=O)NC(CC(=O)O)C(=O)O. The molecular weight excluding hydrogens is 216 g/mol. The van der Waals surface area contributed by atoms with Gasteiger partial charge in [-0.15, -0.1) is 0 Å². The molecule has 16 heavy (non-hydrogen) atoms. The quantitative estimate of drug-likeness (QED) is 0.446. The Hall–Kier alpha value is -1.63. The first-order valence-corrected chi connectivity index (χ1v) is 4.80. The van der Waals surface area contributed by atoms with Crippen molar-refractivity contribution in [1.29, 1.82) is 0 Å². The van der Waals surface area contributed by atoms with Gasteiger partial charge in [-0.05, 0) is 12.5 Å². The molecule has 0 rings (SSSR count). The predicted octanol–water partition coefficient (Wildman–Crippen LogP) is -0.985. The highest BCUT2D eigenvalue weighted by Crippen LogP contribution is 2.00. The lowest BCUT2D eigenvalue weighted by atomic mass is 10.1. The molecule has 0 fully saturated rings. The van der Waals surface area contributed by atoms with Crippen molar-refractivity contribution < 1.29 is 24.6 Å². The average Bonchev–Trinajstić information content (AvgIpc) is 2.15. The van der Waals surface area contributed by atoms with Crippen molar-refractivity contribution >= 4 is 17.8 Å². The molecule has 5 N–H and O–H groups in total. The van der Waals surface area contributed by atoms with Crippen LogP contribution in [0.4, 0.5) is 0 Å². The summed E-state index contributed by atoms with van der Waals surface area (Å²) in [4.78, 5) is 32.2. The maximum absolute atomic E-state index is 11.3. The largest absolute Gasteiger partial charge is 0.481 e. The fourth-order valence-corrected chi connectivity index (χ4v) is 1.03. The summed E-state index contributed by atoms with van der Waals surface area (Å²) in [6, 6.07) is -1.39. The molecular formula is C9H16N2O5. The van der Waals surface area contributed by atoms with Crippen LogP contribution in [0, 0.1) is 5.92 Å². The number of nitrogens with one attached hydrogen (secondary N) is 1. The normalized spacial score (nSPS) is 13.9. The van der Waals surface area contributed by atoms with Crippen LogP contribution >= 0.6 is 0 Å². The summed E-state index contributed by atoms with van der Waals surface area (Å²) < 4.78 is 0. The van der Waals surface area contributed by atoms with Gasteiger partial charge in [0.2, 0.25) is 5.91 Å². The average molecular weight is 232 g/mol. The molecule has 0 aliphatic heterocycles. The van der Waals surface area contributed by atoms with Crippen molar-refractivity contribution in [2.45, 2.75) is 25.8 Å². The first kappa shape index (κ1) is 14.4. The fourth-order valence-electron chi connectivity index (χ4n) is 1.03. The van der Waals surface area contributed by atoms with Gasteiger partial charge >= 0.3 is 11.9 Å². The highest BCUT2D eigenvalue weighted by atomic mass is 16.4. The Morgan fingerprint density at radius 2 is 1.81 bits per heavy atom. The first-order chi connectivity index (χ1) is 7.36. The van der Waals surface area contributed by atoms with Crippen molar-refractivity contribution in [3.63, 3.8) is 0 Å². The predicted molar refractivity (Wildman–Crippen MR) is 54.7 cm³/mol. The van der Waals surface area contributed by atoms with Crippen LogP contribution in [-0.2, 0) is 14.4 Å². The Kier molecular flexibility index (Phi) is 6.09. The first-order valence-electron chi connectivity index (χ1n) is 4.80. The molecule has 0 aliphatic carbocycles. The van der Waals surface area contributed by atoms with Gasteiger partial charge < -0.3 is 21.3 Å². The van der Waals surface area contributed by atoms with E-state index in [-0.39, 0.29) is 12.3 Å². The lowest BCUT2D eigenvalue weighted by molar-refractivity contribution is -0.147. The zero-order valence-corrected chi connectivity index (χ0v) is 8.97. The van der Waals surface area contributed by atoms with Crippen molar-refractivity contribution in [1.82, 2.24) is 5.32 Å². The number of carboxylic acid groups (broad SMARTS) is 2. The molecule has 0 aromatic heterocycles. The Morgan fingerprint density at radius 1 is 1.25 bits per heavy atom. The molecule has 7 heteroatoms. The van der Waals surface area contributed by atoms with Crippen LogP contribution in [0.2, 0.25) is 0 Å². The maximum Gasteiger partial charge on any atom is 0.326 e. The van der Waals surface area contributed by atoms with E-state index in [9.17, 15) is 14.4 Å². The number of hydrogen-bond acceptors (Lipinski definition) is 4. The molecule has 0 aromatic carbocycles. The third kappa shape index (κ3) is 5.97. The van der Waals surface area contributed by atoms with Crippen molar-refractivity contribution in [2.75, 3.05) is 6.54 Å². The number of nitrogens with two attached hydrogens (primary N) is 1. The lowest BCUT2D eigenvalue weighted by Gasteiger charge is -2.14. The van der Waals surface area contributed by atoms with Gasteiger partial charge in [0.05, 0.1) is 6.42 Å². The number of amides is 1. The van der Waals surface area contributed by atoms with E-state index in [4.69, 9.17) is 15.9 Å². The molecule has 1 amide bonds. The fraction of sp³-hybridized carbons (Fsp3) is 0.667. The van der Waals surface area contributed by atoms with Crippen molar-refractivity contribution in [3.8, 4) is 0 Å². The van der Waals surface area contributed by atoms with E-state index < -0.39 is 30.3 Å². The van der Waals surface area contributed by atoms with Gasteiger partial charge in [0.15, 0.2) is 0 Å². The summed E-state index contributed by atoms with van der Waals surface area (Å²) in [6.07, 6.45) is -0.558. The molecule has 0 spiro atoms. The third-order valence-corrected chi connectivity index (χ3v) is 1.95. The molecule has 7 nitrogen and oxygen atoms in total. The minimum atomic E-state index is -1.39. The Labute approximate surface area is 92.6 Å². The topological polar surface area (TPSA) is 130 Å². The summed E-state index contributed by atoms with van der Waals surface area (Å²) in [5.74, 6) is -3.22. The number of carbonyl (C=O) groups excluding carboxylic acids is 1. The van der Waals surface area contributed by atoms with E-state index in [0.29, 0.717) is 6.54 Å². The highest BCUT2D eigenvalue weighted by molar-refractivity contribution is 5.86. The maximum atomic E-state index is 11.3. The second kappa shape index (κ2) is 6.78. The molecule has 0 aliphatic rings. The molecule has 0 saturated heterocycles. The van der Waals surface area contributed by atoms with Gasteiger partial charge in [-0.2, -0.15) is 0 Å².